The number of thiophene rings is 1. The highest BCUT2D eigenvalue weighted by Gasteiger charge is 2.28. The van der Waals surface area contributed by atoms with E-state index in [9.17, 15) is 18.4 Å². The van der Waals surface area contributed by atoms with Crippen molar-refractivity contribution in [1.82, 2.24) is 4.90 Å². The minimum Gasteiger partial charge on any atom is -0.365 e. The number of hydrogen-bond acceptors (Lipinski definition) is 4. The summed E-state index contributed by atoms with van der Waals surface area (Å²) in [7, 11) is 0. The molecule has 0 fully saturated rings. The molecule has 1 aromatic heterocycles. The highest BCUT2D eigenvalue weighted by Crippen LogP contribution is 2.37. The number of primary amides is 1. The van der Waals surface area contributed by atoms with Gasteiger partial charge in [0, 0.05) is 24.0 Å². The molecule has 2 aromatic rings. The van der Waals surface area contributed by atoms with Gasteiger partial charge >= 0.3 is 0 Å². The SMILES string of the molecule is CCCN1CCc2c(sc(NC(=O)c3ccc(F)cc3F)c2C(N)=O)C1. The third-order valence-electron chi connectivity index (χ3n) is 4.32. The van der Waals surface area contributed by atoms with E-state index in [4.69, 9.17) is 5.73 Å². The van der Waals surface area contributed by atoms with Crippen LogP contribution in [0.3, 0.4) is 0 Å². The maximum Gasteiger partial charge on any atom is 0.259 e. The minimum absolute atomic E-state index is 0.289. The molecule has 1 aliphatic rings. The van der Waals surface area contributed by atoms with Crippen LogP contribution >= 0.6 is 11.3 Å². The average molecular weight is 379 g/mol. The third kappa shape index (κ3) is 3.61. The summed E-state index contributed by atoms with van der Waals surface area (Å²) in [5.41, 5.74) is 6.37. The van der Waals surface area contributed by atoms with Crippen molar-refractivity contribution < 1.29 is 18.4 Å². The normalized spacial score (nSPS) is 14.1. The smallest absolute Gasteiger partial charge is 0.259 e. The van der Waals surface area contributed by atoms with Gasteiger partial charge in [0.1, 0.15) is 16.6 Å². The molecule has 1 aromatic carbocycles. The molecule has 3 N–H and O–H groups in total. The number of hydrogen-bond donors (Lipinski definition) is 2. The Morgan fingerprint density at radius 1 is 1.35 bits per heavy atom. The van der Waals surface area contributed by atoms with E-state index in [1.54, 1.807) is 0 Å². The van der Waals surface area contributed by atoms with Crippen LogP contribution in [-0.4, -0.2) is 29.8 Å². The number of nitrogens with one attached hydrogen (secondary N) is 1. The number of amides is 2. The van der Waals surface area contributed by atoms with Gasteiger partial charge in [-0.2, -0.15) is 0 Å². The van der Waals surface area contributed by atoms with Gasteiger partial charge in [0.05, 0.1) is 11.1 Å². The second kappa shape index (κ2) is 7.51. The molecule has 8 heteroatoms. The van der Waals surface area contributed by atoms with Crippen molar-refractivity contribution in [3.8, 4) is 0 Å². The second-order valence-electron chi connectivity index (χ2n) is 6.18. The molecule has 2 amide bonds. The highest BCUT2D eigenvalue weighted by molar-refractivity contribution is 7.17. The van der Waals surface area contributed by atoms with Crippen molar-refractivity contribution in [1.29, 1.82) is 0 Å². The molecular weight excluding hydrogens is 360 g/mol. The highest BCUT2D eigenvalue weighted by atomic mass is 32.1. The fraction of sp³-hybridized carbons (Fsp3) is 0.333. The van der Waals surface area contributed by atoms with Crippen molar-refractivity contribution in [2.45, 2.75) is 26.3 Å². The summed E-state index contributed by atoms with van der Waals surface area (Å²) < 4.78 is 26.9. The summed E-state index contributed by atoms with van der Waals surface area (Å²) in [6.07, 6.45) is 1.70. The first-order valence-corrected chi connectivity index (χ1v) is 9.15. The van der Waals surface area contributed by atoms with Crippen LogP contribution < -0.4 is 11.1 Å². The number of rotatable bonds is 5. The predicted octanol–water partition coefficient (Wildman–Crippen LogP) is 3.15. The molecule has 0 spiro atoms. The van der Waals surface area contributed by atoms with Crippen LogP contribution in [0.1, 0.15) is 44.5 Å². The maximum absolute atomic E-state index is 13.8. The number of nitrogens with zero attached hydrogens (tertiary/aromatic N) is 1. The molecule has 0 saturated carbocycles. The summed E-state index contributed by atoms with van der Waals surface area (Å²) in [6.45, 7) is 4.56. The molecule has 0 atom stereocenters. The number of carbonyl (C=O) groups excluding carboxylic acids is 2. The van der Waals surface area contributed by atoms with E-state index in [1.165, 1.54) is 11.3 Å². The number of anilines is 1. The molecule has 2 heterocycles. The molecule has 138 valence electrons. The largest absolute Gasteiger partial charge is 0.365 e. The van der Waals surface area contributed by atoms with Gasteiger partial charge < -0.3 is 11.1 Å². The number of carbonyl (C=O) groups is 2. The third-order valence-corrected chi connectivity index (χ3v) is 5.46. The van der Waals surface area contributed by atoms with Crippen LogP contribution in [0.2, 0.25) is 0 Å². The Hall–Kier alpha value is -2.32. The van der Waals surface area contributed by atoms with Gasteiger partial charge in [-0.3, -0.25) is 14.5 Å². The Kier molecular flexibility index (Phi) is 5.33. The summed E-state index contributed by atoms with van der Waals surface area (Å²) in [4.78, 5) is 27.6. The fourth-order valence-corrected chi connectivity index (χ4v) is 4.45. The van der Waals surface area contributed by atoms with Gasteiger partial charge in [-0.25, -0.2) is 8.78 Å². The van der Waals surface area contributed by atoms with Gasteiger partial charge in [0.2, 0.25) is 0 Å². The zero-order valence-corrected chi connectivity index (χ0v) is 15.1. The molecule has 26 heavy (non-hydrogen) atoms. The summed E-state index contributed by atoms with van der Waals surface area (Å²) in [5, 5.41) is 2.88. The van der Waals surface area contributed by atoms with E-state index in [1.807, 2.05) is 0 Å². The van der Waals surface area contributed by atoms with Gasteiger partial charge in [0.15, 0.2) is 0 Å². The van der Waals surface area contributed by atoms with Gasteiger partial charge in [-0.05, 0) is 37.1 Å². The fourth-order valence-electron chi connectivity index (χ4n) is 3.16. The zero-order valence-electron chi connectivity index (χ0n) is 14.3. The van der Waals surface area contributed by atoms with Gasteiger partial charge in [-0.1, -0.05) is 6.92 Å². The minimum atomic E-state index is -0.960. The Bertz CT molecular complexity index is 866. The van der Waals surface area contributed by atoms with Crippen molar-refractivity contribution >= 4 is 28.2 Å². The lowest BCUT2D eigenvalue weighted by atomic mass is 10.0. The zero-order chi connectivity index (χ0) is 18.8. The van der Waals surface area contributed by atoms with Crippen molar-refractivity contribution in [3.05, 3.63) is 51.4 Å². The Balaban J connectivity index is 1.90. The van der Waals surface area contributed by atoms with Crippen molar-refractivity contribution in [3.63, 3.8) is 0 Å². The summed E-state index contributed by atoms with van der Waals surface area (Å²) in [5.74, 6) is -3.09. The van der Waals surface area contributed by atoms with Crippen LogP contribution in [-0.2, 0) is 13.0 Å². The molecule has 0 radical (unpaired) electrons. The van der Waals surface area contributed by atoms with E-state index in [0.717, 1.165) is 42.1 Å². The molecule has 0 aliphatic carbocycles. The number of nitrogens with two attached hydrogens (primary N) is 1. The number of fused-ring (bicyclic) bond motifs is 1. The lowest BCUT2D eigenvalue weighted by Gasteiger charge is -2.26. The van der Waals surface area contributed by atoms with E-state index in [0.29, 0.717) is 24.0 Å². The lowest BCUT2D eigenvalue weighted by Crippen LogP contribution is -2.31. The van der Waals surface area contributed by atoms with Gasteiger partial charge in [0.25, 0.3) is 11.8 Å². The first-order chi connectivity index (χ1) is 12.4. The second-order valence-corrected chi connectivity index (χ2v) is 7.28. The summed E-state index contributed by atoms with van der Waals surface area (Å²) >= 11 is 1.28. The Morgan fingerprint density at radius 3 is 2.77 bits per heavy atom. The van der Waals surface area contributed by atoms with E-state index in [-0.39, 0.29) is 11.1 Å². The van der Waals surface area contributed by atoms with Crippen LogP contribution in [0.25, 0.3) is 0 Å². The molecule has 1 aliphatic heterocycles. The molecular formula is C18H19F2N3O2S. The Labute approximate surface area is 153 Å². The maximum atomic E-state index is 13.8. The molecule has 0 unspecified atom stereocenters. The van der Waals surface area contributed by atoms with Crippen LogP contribution in [0, 0.1) is 11.6 Å². The van der Waals surface area contributed by atoms with Crippen molar-refractivity contribution in [2.75, 3.05) is 18.4 Å². The summed E-state index contributed by atoms with van der Waals surface area (Å²) in [6, 6.07) is 2.72. The van der Waals surface area contributed by atoms with E-state index < -0.39 is 23.4 Å². The monoisotopic (exact) mass is 379 g/mol. The number of benzene rings is 1. The quantitative estimate of drug-likeness (QED) is 0.838. The molecule has 0 saturated heterocycles. The van der Waals surface area contributed by atoms with E-state index >= 15 is 0 Å². The predicted molar refractivity (Wildman–Crippen MR) is 96.4 cm³/mol. The van der Waals surface area contributed by atoms with Gasteiger partial charge in [-0.15, -0.1) is 11.3 Å². The Morgan fingerprint density at radius 2 is 2.12 bits per heavy atom. The molecule has 5 nitrogen and oxygen atoms in total. The lowest BCUT2D eigenvalue weighted by molar-refractivity contribution is 0.1000. The first kappa shape index (κ1) is 18.5. The topological polar surface area (TPSA) is 75.4 Å². The first-order valence-electron chi connectivity index (χ1n) is 8.33. The number of halogens is 2. The van der Waals surface area contributed by atoms with Crippen molar-refractivity contribution in [2.24, 2.45) is 5.73 Å². The molecule has 3 rings (SSSR count). The standard InChI is InChI=1S/C18H19F2N3O2S/c1-2-6-23-7-5-12-14(9-23)26-18(15(12)16(21)24)22-17(25)11-4-3-10(19)8-13(11)20/h3-4,8H,2,5-7,9H2,1H3,(H2,21,24)(H,22,25). The average Bonchev–Trinajstić information content (AvgIpc) is 2.92. The van der Waals surface area contributed by atoms with E-state index in [2.05, 4.69) is 17.1 Å². The van der Waals surface area contributed by atoms with Crippen LogP contribution in [0.5, 0.6) is 0 Å². The van der Waals surface area contributed by atoms with Crippen LogP contribution in [0.15, 0.2) is 18.2 Å². The molecule has 0 bridgehead atoms. The van der Waals surface area contributed by atoms with Crippen LogP contribution in [0.4, 0.5) is 13.8 Å².